The van der Waals surface area contributed by atoms with Crippen molar-refractivity contribution < 1.29 is 9.50 Å². The van der Waals surface area contributed by atoms with Gasteiger partial charge in [-0.15, -0.1) is 0 Å². The molecule has 1 saturated carbocycles. The van der Waals surface area contributed by atoms with Crippen molar-refractivity contribution in [2.24, 2.45) is 0 Å². The quantitative estimate of drug-likeness (QED) is 0.826. The molecule has 0 aromatic heterocycles. The second kappa shape index (κ2) is 7.21. The van der Waals surface area contributed by atoms with Crippen LogP contribution in [0.5, 0.6) is 0 Å². The summed E-state index contributed by atoms with van der Waals surface area (Å²) in [6, 6.07) is 4.94. The van der Waals surface area contributed by atoms with Crippen molar-refractivity contribution in [3.05, 3.63) is 34.1 Å². The first kappa shape index (κ1) is 16.9. The van der Waals surface area contributed by atoms with Gasteiger partial charge in [0.25, 0.3) is 0 Å². The number of hydrogen-bond acceptors (Lipinski definition) is 2. The van der Waals surface area contributed by atoms with Gasteiger partial charge in [-0.3, -0.25) is 4.90 Å². The summed E-state index contributed by atoms with van der Waals surface area (Å²) in [5, 5.41) is 10.9. The van der Waals surface area contributed by atoms with Crippen LogP contribution < -0.4 is 0 Å². The molecule has 1 N–H and O–H groups in total. The molecular formula is C17H25BrFNO. The average molecular weight is 358 g/mol. The molecule has 21 heavy (non-hydrogen) atoms. The van der Waals surface area contributed by atoms with E-state index in [-0.39, 0.29) is 11.4 Å². The van der Waals surface area contributed by atoms with Gasteiger partial charge in [-0.1, -0.05) is 42.6 Å². The second-order valence-electron chi connectivity index (χ2n) is 5.94. The molecule has 2 nitrogen and oxygen atoms in total. The predicted molar refractivity (Wildman–Crippen MR) is 87.9 cm³/mol. The van der Waals surface area contributed by atoms with Gasteiger partial charge < -0.3 is 5.11 Å². The van der Waals surface area contributed by atoms with E-state index in [1.807, 2.05) is 0 Å². The minimum absolute atomic E-state index is 0.182. The van der Waals surface area contributed by atoms with Crippen molar-refractivity contribution in [3.8, 4) is 0 Å². The standard InChI is InChI=1S/C17H25BrFNO/c1-3-20(4-2)17(9-5-6-10-17)16(21)12-13-11-14(18)7-8-15(13)19/h7-8,11,16,21H,3-6,9-10,12H2,1-2H3. The highest BCUT2D eigenvalue weighted by Gasteiger charge is 2.44. The number of rotatable bonds is 6. The Bertz CT molecular complexity index is 470. The van der Waals surface area contributed by atoms with E-state index in [4.69, 9.17) is 0 Å². The maximum atomic E-state index is 14.0. The molecule has 0 amide bonds. The molecule has 2 rings (SSSR count). The van der Waals surface area contributed by atoms with Gasteiger partial charge in [0.05, 0.1) is 6.10 Å². The highest BCUT2D eigenvalue weighted by molar-refractivity contribution is 9.10. The molecule has 1 fully saturated rings. The fourth-order valence-corrected chi connectivity index (χ4v) is 4.21. The summed E-state index contributed by atoms with van der Waals surface area (Å²) >= 11 is 3.38. The lowest BCUT2D eigenvalue weighted by Crippen LogP contribution is -2.55. The Hall–Kier alpha value is -0.450. The Balaban J connectivity index is 2.23. The molecule has 1 atom stereocenters. The van der Waals surface area contributed by atoms with Gasteiger partial charge in [0.15, 0.2) is 0 Å². The molecule has 1 aromatic rings. The molecular weight excluding hydrogens is 333 g/mol. The van der Waals surface area contributed by atoms with E-state index < -0.39 is 6.10 Å². The molecule has 0 bridgehead atoms. The molecule has 0 aliphatic heterocycles. The van der Waals surface area contributed by atoms with Gasteiger partial charge in [-0.2, -0.15) is 0 Å². The van der Waals surface area contributed by atoms with Crippen LogP contribution in [0.1, 0.15) is 45.1 Å². The summed E-state index contributed by atoms with van der Waals surface area (Å²) in [6.45, 7) is 6.12. The maximum absolute atomic E-state index is 14.0. The van der Waals surface area contributed by atoms with Crippen LogP contribution in [0.15, 0.2) is 22.7 Å². The van der Waals surface area contributed by atoms with Crippen LogP contribution in [-0.2, 0) is 6.42 Å². The van der Waals surface area contributed by atoms with E-state index in [0.717, 1.165) is 43.2 Å². The topological polar surface area (TPSA) is 23.5 Å². The molecule has 4 heteroatoms. The summed E-state index contributed by atoms with van der Waals surface area (Å²) in [4.78, 5) is 2.36. The summed E-state index contributed by atoms with van der Waals surface area (Å²) in [5.41, 5.74) is 0.411. The minimum atomic E-state index is -0.524. The van der Waals surface area contributed by atoms with Crippen molar-refractivity contribution in [1.82, 2.24) is 4.90 Å². The first-order valence-electron chi connectivity index (χ1n) is 7.90. The van der Waals surface area contributed by atoms with Crippen molar-refractivity contribution in [2.75, 3.05) is 13.1 Å². The first-order valence-corrected chi connectivity index (χ1v) is 8.70. The van der Waals surface area contributed by atoms with Gasteiger partial charge in [0.1, 0.15) is 5.82 Å². The van der Waals surface area contributed by atoms with Gasteiger partial charge in [-0.05, 0) is 49.7 Å². The zero-order valence-corrected chi connectivity index (χ0v) is 14.5. The zero-order chi connectivity index (χ0) is 15.5. The monoisotopic (exact) mass is 357 g/mol. The highest BCUT2D eigenvalue weighted by atomic mass is 79.9. The molecule has 0 radical (unpaired) electrons. The lowest BCUT2D eigenvalue weighted by Gasteiger charge is -2.44. The SMILES string of the molecule is CCN(CC)C1(C(O)Cc2cc(Br)ccc2F)CCCC1. The average Bonchev–Trinajstić information content (AvgIpc) is 2.95. The van der Waals surface area contributed by atoms with Crippen LogP contribution in [0.2, 0.25) is 0 Å². The van der Waals surface area contributed by atoms with Crippen LogP contribution in [0, 0.1) is 5.82 Å². The third-order valence-corrected chi connectivity index (χ3v) is 5.40. The molecule has 1 aliphatic rings. The van der Waals surface area contributed by atoms with Crippen LogP contribution in [-0.4, -0.2) is 34.7 Å². The molecule has 0 heterocycles. The number of aliphatic hydroxyl groups is 1. The number of aliphatic hydroxyl groups excluding tert-OH is 1. The molecule has 1 aromatic carbocycles. The molecule has 1 aliphatic carbocycles. The fourth-order valence-electron chi connectivity index (χ4n) is 3.80. The lowest BCUT2D eigenvalue weighted by molar-refractivity contribution is -0.0248. The van der Waals surface area contributed by atoms with Crippen LogP contribution in [0.3, 0.4) is 0 Å². The fraction of sp³-hybridized carbons (Fsp3) is 0.647. The third kappa shape index (κ3) is 3.49. The van der Waals surface area contributed by atoms with Crippen LogP contribution >= 0.6 is 15.9 Å². The van der Waals surface area contributed by atoms with E-state index in [1.54, 1.807) is 12.1 Å². The highest BCUT2D eigenvalue weighted by Crippen LogP contribution is 2.39. The van der Waals surface area contributed by atoms with Crippen molar-refractivity contribution in [3.63, 3.8) is 0 Å². The Morgan fingerprint density at radius 1 is 1.29 bits per heavy atom. The Morgan fingerprint density at radius 3 is 2.48 bits per heavy atom. The summed E-state index contributed by atoms with van der Waals surface area (Å²) in [6.07, 6.45) is 4.16. The number of likely N-dealkylation sites (N-methyl/N-ethyl adjacent to an activating group) is 1. The normalized spacial score (nSPS) is 19.1. The molecule has 118 valence electrons. The van der Waals surface area contributed by atoms with Gasteiger partial charge >= 0.3 is 0 Å². The van der Waals surface area contributed by atoms with E-state index in [2.05, 4.69) is 34.7 Å². The van der Waals surface area contributed by atoms with Gasteiger partial charge in [0, 0.05) is 16.4 Å². The molecule has 0 spiro atoms. The Morgan fingerprint density at radius 2 is 1.90 bits per heavy atom. The Kier molecular flexibility index (Phi) is 5.81. The smallest absolute Gasteiger partial charge is 0.126 e. The largest absolute Gasteiger partial charge is 0.391 e. The van der Waals surface area contributed by atoms with Gasteiger partial charge in [-0.25, -0.2) is 4.39 Å². The number of nitrogens with zero attached hydrogens (tertiary/aromatic N) is 1. The van der Waals surface area contributed by atoms with Crippen LogP contribution in [0.25, 0.3) is 0 Å². The predicted octanol–water partition coefficient (Wildman–Crippen LogP) is 4.15. The lowest BCUT2D eigenvalue weighted by atomic mass is 9.84. The van der Waals surface area contributed by atoms with Gasteiger partial charge in [0.2, 0.25) is 0 Å². The summed E-state index contributed by atoms with van der Waals surface area (Å²) in [7, 11) is 0. The zero-order valence-electron chi connectivity index (χ0n) is 12.9. The van der Waals surface area contributed by atoms with Crippen LogP contribution in [0.4, 0.5) is 4.39 Å². The maximum Gasteiger partial charge on any atom is 0.126 e. The van der Waals surface area contributed by atoms with Crippen molar-refractivity contribution in [2.45, 2.75) is 57.6 Å². The van der Waals surface area contributed by atoms with E-state index in [1.165, 1.54) is 6.07 Å². The van der Waals surface area contributed by atoms with Crippen molar-refractivity contribution in [1.29, 1.82) is 0 Å². The number of halogens is 2. The Labute approximate surface area is 135 Å². The van der Waals surface area contributed by atoms with E-state index >= 15 is 0 Å². The number of benzene rings is 1. The molecule has 1 unspecified atom stereocenters. The first-order chi connectivity index (χ1) is 10.0. The summed E-state index contributed by atoms with van der Waals surface area (Å²) < 4.78 is 14.8. The molecule has 0 saturated heterocycles. The van der Waals surface area contributed by atoms with E-state index in [0.29, 0.717) is 12.0 Å². The van der Waals surface area contributed by atoms with Crippen molar-refractivity contribution >= 4 is 15.9 Å². The van der Waals surface area contributed by atoms with E-state index in [9.17, 15) is 9.50 Å². The number of hydrogen-bond donors (Lipinski definition) is 1. The summed E-state index contributed by atoms with van der Waals surface area (Å²) in [5.74, 6) is -0.232. The third-order valence-electron chi connectivity index (χ3n) is 4.90. The minimum Gasteiger partial charge on any atom is -0.391 e. The second-order valence-corrected chi connectivity index (χ2v) is 6.85.